The molecule has 0 aromatic heterocycles. The van der Waals surface area contributed by atoms with Gasteiger partial charge in [-0.15, -0.1) is 0 Å². The molecule has 2 heteroatoms. The second kappa shape index (κ2) is 1.46. The minimum atomic E-state index is 0.403. The summed E-state index contributed by atoms with van der Waals surface area (Å²) in [4.78, 5) is 0. The van der Waals surface area contributed by atoms with Gasteiger partial charge in [-0.1, -0.05) is 6.92 Å². The van der Waals surface area contributed by atoms with Crippen molar-refractivity contribution in [2.75, 3.05) is 6.54 Å². The highest BCUT2D eigenvalue weighted by Crippen LogP contribution is 2.10. The van der Waals surface area contributed by atoms with Gasteiger partial charge in [0.25, 0.3) is 0 Å². The number of hydrogen-bond donors (Lipinski definition) is 2. The Hall–Kier alpha value is -0.0800. The number of nitrogens with one attached hydrogen (secondary N) is 2. The zero-order valence-corrected chi connectivity index (χ0v) is 4.91. The molecule has 1 rings (SSSR count). The lowest BCUT2D eigenvalue weighted by Crippen LogP contribution is -2.67. The van der Waals surface area contributed by atoms with E-state index in [2.05, 4.69) is 24.7 Å². The van der Waals surface area contributed by atoms with Crippen molar-refractivity contribution < 1.29 is 0 Å². The maximum Gasteiger partial charge on any atom is 0.0431 e. The van der Waals surface area contributed by atoms with Crippen LogP contribution in [-0.4, -0.2) is 12.1 Å². The van der Waals surface area contributed by atoms with Crippen molar-refractivity contribution >= 4 is 0 Å². The van der Waals surface area contributed by atoms with E-state index in [1.165, 1.54) is 6.42 Å². The van der Waals surface area contributed by atoms with Crippen LogP contribution in [-0.2, 0) is 0 Å². The Morgan fingerprint density at radius 3 is 2.29 bits per heavy atom. The largest absolute Gasteiger partial charge is 0.255 e. The highest BCUT2D eigenvalue weighted by Gasteiger charge is 2.27. The van der Waals surface area contributed by atoms with Gasteiger partial charge in [0, 0.05) is 12.1 Å². The van der Waals surface area contributed by atoms with Crippen molar-refractivity contribution in [2.24, 2.45) is 0 Å². The van der Waals surface area contributed by atoms with Crippen LogP contribution in [0.1, 0.15) is 20.3 Å². The van der Waals surface area contributed by atoms with E-state index in [0.29, 0.717) is 5.54 Å². The molecular weight excluding hydrogens is 88.1 g/mol. The molecular formula is C5H12N2. The van der Waals surface area contributed by atoms with E-state index < -0.39 is 0 Å². The van der Waals surface area contributed by atoms with Crippen molar-refractivity contribution in [3.8, 4) is 0 Å². The molecule has 1 heterocycles. The van der Waals surface area contributed by atoms with Crippen LogP contribution in [0.3, 0.4) is 0 Å². The Morgan fingerprint density at radius 2 is 2.29 bits per heavy atom. The first kappa shape index (κ1) is 5.06. The third kappa shape index (κ3) is 0.763. The molecule has 2 N–H and O–H groups in total. The molecule has 1 aliphatic rings. The first-order chi connectivity index (χ1) is 3.27. The van der Waals surface area contributed by atoms with Gasteiger partial charge in [0.1, 0.15) is 0 Å². The molecule has 0 amide bonds. The average molecular weight is 100 g/mol. The summed E-state index contributed by atoms with van der Waals surface area (Å²) < 4.78 is 0. The maximum atomic E-state index is 3.12. The highest BCUT2D eigenvalue weighted by atomic mass is 15.5. The quantitative estimate of drug-likeness (QED) is 0.494. The molecule has 1 atom stereocenters. The Bertz CT molecular complexity index is 61.0. The predicted molar refractivity (Wildman–Crippen MR) is 29.8 cm³/mol. The fraction of sp³-hybridized carbons (Fsp3) is 1.00. The van der Waals surface area contributed by atoms with Crippen molar-refractivity contribution in [1.29, 1.82) is 0 Å². The average Bonchev–Trinajstić information content (AvgIpc) is 1.61. The van der Waals surface area contributed by atoms with Gasteiger partial charge in [-0.2, -0.15) is 0 Å². The van der Waals surface area contributed by atoms with Gasteiger partial charge < -0.3 is 0 Å². The van der Waals surface area contributed by atoms with E-state index in [1.54, 1.807) is 0 Å². The van der Waals surface area contributed by atoms with Gasteiger partial charge >= 0.3 is 0 Å². The van der Waals surface area contributed by atoms with Gasteiger partial charge in [-0.25, -0.2) is 0 Å². The van der Waals surface area contributed by atoms with Gasteiger partial charge in [0.05, 0.1) is 0 Å². The molecule has 0 spiro atoms. The van der Waals surface area contributed by atoms with E-state index in [0.717, 1.165) is 6.54 Å². The Morgan fingerprint density at radius 1 is 1.71 bits per heavy atom. The third-order valence-corrected chi connectivity index (χ3v) is 1.65. The summed E-state index contributed by atoms with van der Waals surface area (Å²) >= 11 is 0. The molecule has 1 aliphatic heterocycles. The summed E-state index contributed by atoms with van der Waals surface area (Å²) in [6.07, 6.45) is 1.21. The van der Waals surface area contributed by atoms with Gasteiger partial charge in [-0.05, 0) is 13.3 Å². The van der Waals surface area contributed by atoms with Crippen LogP contribution in [0.5, 0.6) is 0 Å². The minimum Gasteiger partial charge on any atom is -0.255 e. The van der Waals surface area contributed by atoms with Crippen LogP contribution in [0.25, 0.3) is 0 Å². The van der Waals surface area contributed by atoms with E-state index in [9.17, 15) is 0 Å². The molecule has 1 fully saturated rings. The fourth-order valence-electron chi connectivity index (χ4n) is 0.604. The predicted octanol–water partition coefficient (Wildman–Crippen LogP) is 0.263. The van der Waals surface area contributed by atoms with E-state index in [1.807, 2.05) is 0 Å². The van der Waals surface area contributed by atoms with Crippen LogP contribution in [0.15, 0.2) is 0 Å². The SMILES string of the molecule is CCC1(C)CNN1. The number of hydrazine groups is 1. The van der Waals surface area contributed by atoms with E-state index in [-0.39, 0.29) is 0 Å². The van der Waals surface area contributed by atoms with Crippen molar-refractivity contribution in [3.63, 3.8) is 0 Å². The van der Waals surface area contributed by atoms with Gasteiger partial charge in [-0.3, -0.25) is 10.9 Å². The molecule has 0 aliphatic carbocycles. The van der Waals surface area contributed by atoms with Crippen LogP contribution in [0.4, 0.5) is 0 Å². The summed E-state index contributed by atoms with van der Waals surface area (Å²) in [6.45, 7) is 5.51. The van der Waals surface area contributed by atoms with Crippen LogP contribution >= 0.6 is 0 Å². The molecule has 0 aromatic rings. The van der Waals surface area contributed by atoms with Crippen molar-refractivity contribution in [1.82, 2.24) is 10.9 Å². The van der Waals surface area contributed by atoms with Crippen LogP contribution in [0, 0.1) is 0 Å². The standard InChI is InChI=1S/C5H12N2/c1-3-5(2)4-6-7-5/h6-7H,3-4H2,1-2H3. The Kier molecular flexibility index (Phi) is 1.05. The second-order valence-corrected chi connectivity index (χ2v) is 2.39. The van der Waals surface area contributed by atoms with E-state index >= 15 is 0 Å². The summed E-state index contributed by atoms with van der Waals surface area (Å²) in [7, 11) is 0. The van der Waals surface area contributed by atoms with Gasteiger partial charge in [0.15, 0.2) is 0 Å². The molecule has 1 saturated heterocycles. The molecule has 0 aromatic carbocycles. The Labute approximate surface area is 44.3 Å². The zero-order chi connectivity index (χ0) is 5.33. The molecule has 1 unspecified atom stereocenters. The zero-order valence-electron chi connectivity index (χ0n) is 4.91. The summed E-state index contributed by atoms with van der Waals surface area (Å²) in [5, 5.41) is 0. The van der Waals surface area contributed by atoms with E-state index in [4.69, 9.17) is 0 Å². The molecule has 2 nitrogen and oxygen atoms in total. The first-order valence-electron chi connectivity index (χ1n) is 2.77. The maximum absolute atomic E-state index is 3.12. The van der Waals surface area contributed by atoms with Crippen molar-refractivity contribution in [2.45, 2.75) is 25.8 Å². The smallest absolute Gasteiger partial charge is 0.0431 e. The fourth-order valence-corrected chi connectivity index (χ4v) is 0.604. The lowest BCUT2D eigenvalue weighted by Gasteiger charge is -2.39. The first-order valence-corrected chi connectivity index (χ1v) is 2.77. The molecule has 0 radical (unpaired) electrons. The summed E-state index contributed by atoms with van der Waals surface area (Å²) in [6, 6.07) is 0. The molecule has 7 heavy (non-hydrogen) atoms. The van der Waals surface area contributed by atoms with Crippen LogP contribution in [0.2, 0.25) is 0 Å². The topological polar surface area (TPSA) is 24.1 Å². The molecule has 0 bridgehead atoms. The van der Waals surface area contributed by atoms with Crippen LogP contribution < -0.4 is 10.9 Å². The van der Waals surface area contributed by atoms with Gasteiger partial charge in [0.2, 0.25) is 0 Å². The lowest BCUT2D eigenvalue weighted by molar-refractivity contribution is 0.176. The number of rotatable bonds is 1. The lowest BCUT2D eigenvalue weighted by atomic mass is 9.97. The number of hydrogen-bond acceptors (Lipinski definition) is 2. The normalized spacial score (nSPS) is 40.3. The highest BCUT2D eigenvalue weighted by molar-refractivity contribution is 4.88. The minimum absolute atomic E-state index is 0.403. The Balaban J connectivity index is 2.29. The summed E-state index contributed by atoms with van der Waals surface area (Å²) in [5.41, 5.74) is 6.53. The monoisotopic (exact) mass is 100 g/mol. The molecule has 42 valence electrons. The second-order valence-electron chi connectivity index (χ2n) is 2.39. The third-order valence-electron chi connectivity index (χ3n) is 1.65. The summed E-state index contributed by atoms with van der Waals surface area (Å²) in [5.74, 6) is 0. The van der Waals surface area contributed by atoms with Crippen molar-refractivity contribution in [3.05, 3.63) is 0 Å². The molecule has 0 saturated carbocycles.